The number of hydrogen-bond acceptors (Lipinski definition) is 27. The van der Waals surface area contributed by atoms with Crippen LogP contribution in [0, 0.1) is 29.6 Å². The van der Waals surface area contributed by atoms with Gasteiger partial charge in [0.25, 0.3) is 5.91 Å². The van der Waals surface area contributed by atoms with Gasteiger partial charge >= 0.3 is 12.0 Å². The number of fused-ring (bicyclic) bond motifs is 19. The van der Waals surface area contributed by atoms with Gasteiger partial charge in [0.15, 0.2) is 0 Å². The van der Waals surface area contributed by atoms with Crippen molar-refractivity contribution in [3.05, 3.63) is 36.0 Å². The maximum atomic E-state index is 15.6. The lowest BCUT2D eigenvalue weighted by molar-refractivity contribution is -0.139. The van der Waals surface area contributed by atoms with E-state index in [0.29, 0.717) is 53.4 Å². The molecule has 0 aliphatic carbocycles. The fourth-order valence-electron chi connectivity index (χ4n) is 14.6. The molecule has 20 amide bonds. The fraction of sp³-hybridized carbons (Fsp3) is 0.682. The van der Waals surface area contributed by atoms with Crippen LogP contribution in [0.2, 0.25) is 0 Å². The highest BCUT2D eigenvalue weighted by molar-refractivity contribution is 8.00. The zero-order valence-electron chi connectivity index (χ0n) is 79.9. The standard InChI is InChI=1S/C88H142N22O22S4/c1-16-46(11)68-84(128)97-55(27-28-65(114)115)77(121)102-61-40-135-50(15)71(109-88(132)110-83(127)67(45(9)10)106-80(124)58(33-51-34-92-54-26-22-21-25-52(51)54)96-63(112)35-93-74(118)59(37-111)100-73(117)53(90)38-133-17-2)86(130)99-57(32-43(5)6)79(123)108-70(87(131)107-68)49(14)136-41-62-81(125)95-47(12)72(116)101-60(75(119)91-30-24-20-18-19-23-29-89)39-134-48(13)69(104-64(113)36-94-76(61)120)85(129)98-56(31-42(3)4)78(122)105-66(44(7)8)82(126)103-62/h21-22,25-26,34,42-50,53,55-62,66-71,92,111H,16-20,23-24,27-33,35-41,89-90H2,1-15H3,(H,91,119)(H,93,118)(H,94,120)(H,95,125)(H,96,112)(H,97,128)(H,98,129)(H,99,130)(H,100,117)(H,101,116)(H,102,121)(H,103,126)(H,104,113)(H,105,122)(H,106,124)(H,107,131)(H,108,123)(H,114,115)(H2,109,110,127,132)/t46?,47-,48-,49-,50-,53-,55-,56-,57-,58-,59-,60-,61-,62-,66-,67-,68-,69-,70+,71+/m0/s1. The van der Waals surface area contributed by atoms with E-state index in [1.165, 1.54) is 53.3 Å². The van der Waals surface area contributed by atoms with E-state index in [2.05, 4.69) is 106 Å². The van der Waals surface area contributed by atoms with Gasteiger partial charge in [0, 0.05) is 75.2 Å². The quantitative estimate of drug-likeness (QED) is 0.0238. The second kappa shape index (κ2) is 58.2. The number of aliphatic hydroxyl groups excluding tert-OH is 1. The first kappa shape index (κ1) is 116. The Labute approximate surface area is 809 Å². The third-order valence-corrected chi connectivity index (χ3v) is 27.8. The summed E-state index contributed by atoms with van der Waals surface area (Å²) in [5.41, 5.74) is 12.8. The second-order valence-electron chi connectivity index (χ2n) is 35.7. The molecular weight excluding hydrogens is 1850 g/mol. The highest BCUT2D eigenvalue weighted by Gasteiger charge is 2.44. The first-order chi connectivity index (χ1) is 64.2. The van der Waals surface area contributed by atoms with Crippen LogP contribution in [-0.4, -0.2) is 307 Å². The number of urea groups is 1. The summed E-state index contributed by atoms with van der Waals surface area (Å²) < 4.78 is 0. The van der Waals surface area contributed by atoms with Gasteiger partial charge in [-0.05, 0) is 92.5 Å². The van der Waals surface area contributed by atoms with Gasteiger partial charge in [0.05, 0.1) is 25.7 Å². The number of unbranched alkanes of at least 4 members (excludes halogenated alkanes) is 4. The minimum Gasteiger partial charge on any atom is -0.481 e. The van der Waals surface area contributed by atoms with Crippen molar-refractivity contribution in [1.82, 2.24) is 106 Å². The smallest absolute Gasteiger partial charge is 0.322 e. The Morgan fingerprint density at radius 1 is 0.551 bits per heavy atom. The molecule has 1 aromatic carbocycles. The van der Waals surface area contributed by atoms with E-state index in [1.54, 1.807) is 85.9 Å². The third kappa shape index (κ3) is 38.1. The molecule has 0 saturated carbocycles. The third-order valence-electron chi connectivity index (χ3n) is 22.8. The summed E-state index contributed by atoms with van der Waals surface area (Å²) >= 11 is 3.73. The lowest BCUT2D eigenvalue weighted by Gasteiger charge is -2.32. The number of thioether (sulfide) groups is 4. The van der Waals surface area contributed by atoms with Crippen LogP contribution in [0.25, 0.3) is 10.9 Å². The van der Waals surface area contributed by atoms with Gasteiger partial charge in [-0.15, -0.1) is 0 Å². The van der Waals surface area contributed by atoms with Gasteiger partial charge in [-0.3, -0.25) is 96.4 Å². The summed E-state index contributed by atoms with van der Waals surface area (Å²) in [5, 5.41) is 66.0. The SMILES string of the molecule is CCSC[C@H](N)C(=O)N[C@@H](CO)C(=O)NCC(=O)N[C@@H](Cc1c[nH]c2ccccc12)C(=O)N[C@H](C(=O)NC(=O)N[C@H]1C(=O)N[C@@H](CC(C)C)C(=O)N[C@H]2C(=O)N[C@@H](C(C)CC)C(=O)N[C@@H](CCC(=O)O)C(=O)N[C@@H](CS[C@H]1C)C(=O)NCC(=O)N[C@@H]1C(=O)N[C@@H](CC(C)C)C(=O)N[C@@H](C(C)C)C(=O)N[C@@H](CS[C@H]2C)C(=O)N[C@@H](C)C(=O)N[C@H](C(=O)NCCCCCCCN)CS[C@H]1C)C(C)C. The van der Waals surface area contributed by atoms with Crippen molar-refractivity contribution in [2.45, 2.75) is 287 Å². The molecule has 2 aromatic rings. The molecule has 0 radical (unpaired) electrons. The van der Waals surface area contributed by atoms with Crippen LogP contribution in [0.4, 0.5) is 4.79 Å². The Balaban J connectivity index is 1.74. The average molecular weight is 1990 g/mol. The average Bonchev–Trinajstić information content (AvgIpc) is 1.60. The topological polar surface area (TPSA) is 678 Å². The lowest BCUT2D eigenvalue weighted by Crippen LogP contribution is -2.63. The number of aromatic amines is 1. The van der Waals surface area contributed by atoms with Crippen molar-refractivity contribution < 1.29 is 106 Å². The molecule has 3 fully saturated rings. The van der Waals surface area contributed by atoms with E-state index in [9.17, 15) is 63.0 Å². The predicted molar refractivity (Wildman–Crippen MR) is 515 cm³/mol. The van der Waals surface area contributed by atoms with Gasteiger partial charge in [-0.2, -0.15) is 47.0 Å². The summed E-state index contributed by atoms with van der Waals surface area (Å²) in [6.45, 7) is 21.5. The Bertz CT molecular complexity index is 4470. The highest BCUT2D eigenvalue weighted by atomic mass is 32.2. The number of nitrogens with two attached hydrogens (primary N) is 2. The number of para-hydroxylation sites is 1. The van der Waals surface area contributed by atoms with Crippen molar-refractivity contribution in [3.63, 3.8) is 0 Å². The molecule has 1 aromatic heterocycles. The number of carbonyl (C=O) groups is 20. The van der Waals surface area contributed by atoms with Gasteiger partial charge in [0.1, 0.15) is 90.6 Å². The van der Waals surface area contributed by atoms with Crippen LogP contribution < -0.4 is 112 Å². The van der Waals surface area contributed by atoms with Crippen molar-refractivity contribution in [2.24, 2.45) is 41.1 Å². The van der Waals surface area contributed by atoms with Gasteiger partial charge in [0.2, 0.25) is 100 Å². The Hall–Kier alpha value is -10.6. The molecule has 3 saturated heterocycles. The minimum atomic E-state index is -1.95. The molecule has 136 heavy (non-hydrogen) atoms. The first-order valence-electron chi connectivity index (χ1n) is 46.2. The number of imide groups is 1. The highest BCUT2D eigenvalue weighted by Crippen LogP contribution is 2.26. The summed E-state index contributed by atoms with van der Waals surface area (Å²) in [6, 6.07) is -20.6. The summed E-state index contributed by atoms with van der Waals surface area (Å²) in [6.07, 6.45) is 3.33. The molecule has 3 aliphatic heterocycles. The number of aromatic nitrogens is 1. The maximum absolute atomic E-state index is 15.6. The molecule has 4 bridgehead atoms. The number of benzene rings is 1. The normalized spacial score (nSPS) is 25.0. The fourth-order valence-corrected chi connectivity index (χ4v) is 18.5. The summed E-state index contributed by atoms with van der Waals surface area (Å²) in [7, 11) is 0. The largest absolute Gasteiger partial charge is 0.481 e. The minimum absolute atomic E-state index is 0.0783. The van der Waals surface area contributed by atoms with Crippen molar-refractivity contribution in [1.29, 1.82) is 0 Å². The van der Waals surface area contributed by atoms with Crippen molar-refractivity contribution >= 4 is 176 Å². The van der Waals surface area contributed by atoms with Crippen LogP contribution in [0.1, 0.15) is 174 Å². The van der Waals surface area contributed by atoms with Crippen molar-refractivity contribution in [3.8, 4) is 0 Å². The Morgan fingerprint density at radius 3 is 1.74 bits per heavy atom. The lowest BCUT2D eigenvalue weighted by atomic mass is 9.96. The number of carboxylic acids is 1. The molecule has 44 nitrogen and oxygen atoms in total. The number of aliphatic carboxylic acids is 1. The van der Waals surface area contributed by atoms with E-state index < -0.39 is 298 Å². The molecule has 1 unspecified atom stereocenters. The van der Waals surface area contributed by atoms with E-state index in [1.807, 2.05) is 6.92 Å². The number of hydrogen-bond donors (Lipinski definition) is 24. The summed E-state index contributed by atoms with van der Waals surface area (Å²) in [4.78, 5) is 296. The number of amides is 20. The molecule has 0 spiro atoms. The number of nitrogens with one attached hydrogen (secondary N) is 20. The Kier molecular flexibility index (Phi) is 49.6. The molecule has 48 heteroatoms. The first-order valence-corrected chi connectivity index (χ1v) is 50.5. The van der Waals surface area contributed by atoms with Gasteiger partial charge in [-0.25, -0.2) is 4.79 Å². The van der Waals surface area contributed by atoms with Crippen LogP contribution in [0.5, 0.6) is 0 Å². The second-order valence-corrected chi connectivity index (χ2v) is 41.2. The van der Waals surface area contributed by atoms with Crippen LogP contribution in [0.3, 0.4) is 0 Å². The number of aliphatic hydroxyl groups is 1. The zero-order chi connectivity index (χ0) is 101. The van der Waals surface area contributed by atoms with E-state index >= 15 is 43.2 Å². The number of rotatable bonds is 35. The molecule has 26 N–H and O–H groups in total. The molecule has 5 rings (SSSR count). The van der Waals surface area contributed by atoms with Gasteiger partial charge in [-0.1, -0.05) is 141 Å². The van der Waals surface area contributed by atoms with Gasteiger partial charge < -0.3 is 122 Å². The van der Waals surface area contributed by atoms with Crippen LogP contribution in [0.15, 0.2) is 30.5 Å². The van der Waals surface area contributed by atoms with Crippen LogP contribution in [-0.2, 0) is 97.5 Å². The predicted octanol–water partition coefficient (Wildman–Crippen LogP) is -3.24. The maximum Gasteiger partial charge on any atom is 0.322 e. The number of H-pyrrole nitrogens is 1. The zero-order valence-corrected chi connectivity index (χ0v) is 83.2. The molecule has 20 atom stereocenters. The van der Waals surface area contributed by atoms with E-state index in [0.717, 1.165) is 42.8 Å². The number of carbonyl (C=O) groups excluding carboxylic acids is 19. The Morgan fingerprint density at radius 2 is 1.12 bits per heavy atom. The van der Waals surface area contributed by atoms with Crippen molar-refractivity contribution in [2.75, 3.05) is 61.6 Å². The van der Waals surface area contributed by atoms with Crippen LogP contribution >= 0.6 is 47.0 Å². The molecule has 3 aliphatic rings. The molecule has 4 heterocycles. The number of carboxylic acid groups (broad SMARTS) is 1. The molecular formula is C88H142N22O22S4. The molecule has 760 valence electrons. The van der Waals surface area contributed by atoms with E-state index in [-0.39, 0.29) is 49.7 Å². The summed E-state index contributed by atoms with van der Waals surface area (Å²) in [5.74, 6) is -23.9. The van der Waals surface area contributed by atoms with E-state index in [4.69, 9.17) is 11.5 Å². The monoisotopic (exact) mass is 1990 g/mol.